The summed E-state index contributed by atoms with van der Waals surface area (Å²) in [6.45, 7) is 0.341. The summed E-state index contributed by atoms with van der Waals surface area (Å²) in [6, 6.07) is 20.3. The third kappa shape index (κ3) is 4.68. The molecular weight excluding hydrogens is 416 g/mol. The van der Waals surface area contributed by atoms with Crippen molar-refractivity contribution < 1.29 is 17.7 Å². The number of anilines is 1. The summed E-state index contributed by atoms with van der Waals surface area (Å²) in [6.07, 6.45) is 1.70. The largest absolute Gasteiger partial charge is 0.487 e. The van der Waals surface area contributed by atoms with Crippen LogP contribution >= 0.6 is 0 Å². The van der Waals surface area contributed by atoms with Crippen molar-refractivity contribution in [1.82, 2.24) is 4.98 Å². The van der Waals surface area contributed by atoms with Crippen LogP contribution in [-0.2, 0) is 16.7 Å². The van der Waals surface area contributed by atoms with E-state index in [-0.39, 0.29) is 16.3 Å². The van der Waals surface area contributed by atoms with E-state index in [1.165, 1.54) is 6.07 Å². The lowest BCUT2D eigenvalue weighted by atomic mass is 10.1. The van der Waals surface area contributed by atoms with Crippen LogP contribution in [0.25, 0.3) is 10.8 Å². The molecule has 0 aliphatic heterocycles. The van der Waals surface area contributed by atoms with Crippen LogP contribution in [0.2, 0.25) is 0 Å². The molecule has 1 heterocycles. The average molecular weight is 434 g/mol. The molecule has 0 radical (unpaired) electrons. The van der Waals surface area contributed by atoms with Gasteiger partial charge in [-0.05, 0) is 42.5 Å². The van der Waals surface area contributed by atoms with E-state index < -0.39 is 10.1 Å². The van der Waals surface area contributed by atoms with E-state index in [0.29, 0.717) is 28.8 Å². The molecule has 0 unspecified atom stereocenters. The smallest absolute Gasteiger partial charge is 0.295 e. The highest BCUT2D eigenvalue weighted by Crippen LogP contribution is 2.36. The number of pyridine rings is 1. The summed E-state index contributed by atoms with van der Waals surface area (Å²) < 4.78 is 38.9. The number of benzene rings is 3. The summed E-state index contributed by atoms with van der Waals surface area (Å²) in [5, 5.41) is 9.00. The number of ether oxygens (including phenoxy) is 1. The minimum absolute atomic E-state index is 0.141. The molecule has 1 aromatic heterocycles. The summed E-state index contributed by atoms with van der Waals surface area (Å²) >= 11 is 0. The Kier molecular flexibility index (Phi) is 5.61. The van der Waals surface area contributed by atoms with Gasteiger partial charge in [-0.2, -0.15) is 13.5 Å². The van der Waals surface area contributed by atoms with Gasteiger partial charge in [0, 0.05) is 17.0 Å². The highest BCUT2D eigenvalue weighted by Gasteiger charge is 2.18. The van der Waals surface area contributed by atoms with Gasteiger partial charge in [0.2, 0.25) is 0 Å². The molecule has 9 heteroatoms. The van der Waals surface area contributed by atoms with Crippen molar-refractivity contribution in [3.8, 4) is 5.75 Å². The Balaban J connectivity index is 1.58. The number of aromatic nitrogens is 1. The second-order valence-electron chi connectivity index (χ2n) is 6.63. The lowest BCUT2D eigenvalue weighted by Crippen LogP contribution is -2.01. The van der Waals surface area contributed by atoms with Gasteiger partial charge < -0.3 is 10.5 Å². The summed E-state index contributed by atoms with van der Waals surface area (Å²) in [7, 11) is -4.47. The lowest BCUT2D eigenvalue weighted by Gasteiger charge is -2.09. The van der Waals surface area contributed by atoms with Crippen LogP contribution in [0.4, 0.5) is 17.1 Å². The minimum atomic E-state index is -4.47. The van der Waals surface area contributed by atoms with Crippen LogP contribution in [0.1, 0.15) is 5.69 Å². The number of azo groups is 1. The third-order valence-corrected chi connectivity index (χ3v) is 5.42. The molecule has 0 bridgehead atoms. The van der Waals surface area contributed by atoms with E-state index in [0.717, 1.165) is 5.69 Å². The predicted octanol–water partition coefficient (Wildman–Crippen LogP) is 5.06. The topological polar surface area (TPSA) is 127 Å². The number of nitrogens with two attached hydrogens (primary N) is 1. The van der Waals surface area contributed by atoms with E-state index >= 15 is 0 Å². The normalized spacial score (nSPS) is 11.8. The van der Waals surface area contributed by atoms with Crippen molar-refractivity contribution >= 4 is 38.0 Å². The second kappa shape index (κ2) is 8.50. The molecule has 0 saturated carbocycles. The van der Waals surface area contributed by atoms with Crippen molar-refractivity contribution in [1.29, 1.82) is 0 Å². The van der Waals surface area contributed by atoms with Crippen molar-refractivity contribution in [3.63, 3.8) is 0 Å². The number of nitrogen functional groups attached to an aromatic ring is 1. The average Bonchev–Trinajstić information content (AvgIpc) is 2.78. The molecular formula is C22H18N4O4S. The number of rotatable bonds is 6. The van der Waals surface area contributed by atoms with Gasteiger partial charge in [-0.1, -0.05) is 30.3 Å². The zero-order valence-corrected chi connectivity index (χ0v) is 17.0. The maximum atomic E-state index is 11.8. The monoisotopic (exact) mass is 434 g/mol. The highest BCUT2D eigenvalue weighted by molar-refractivity contribution is 7.86. The summed E-state index contributed by atoms with van der Waals surface area (Å²) in [5.74, 6) is 0.642. The van der Waals surface area contributed by atoms with E-state index in [1.54, 1.807) is 54.7 Å². The van der Waals surface area contributed by atoms with Gasteiger partial charge in [-0.15, -0.1) is 5.11 Å². The zero-order valence-electron chi connectivity index (χ0n) is 16.2. The van der Waals surface area contributed by atoms with Crippen LogP contribution in [0, 0.1) is 0 Å². The fourth-order valence-corrected chi connectivity index (χ4v) is 3.72. The Bertz CT molecular complexity index is 1360. The summed E-state index contributed by atoms with van der Waals surface area (Å²) in [5.41, 5.74) is 7.90. The quantitative estimate of drug-likeness (QED) is 0.248. The Morgan fingerprint density at radius 2 is 1.65 bits per heavy atom. The number of nitrogens with zero attached hydrogens (tertiary/aromatic N) is 3. The first-order chi connectivity index (χ1) is 14.9. The predicted molar refractivity (Wildman–Crippen MR) is 117 cm³/mol. The van der Waals surface area contributed by atoms with Gasteiger partial charge in [-0.25, -0.2) is 0 Å². The standard InChI is InChI=1S/C22H18N4O4S/c23-22-19-7-2-1-6-18(19)21(31(27,28)29)13-20(22)26-25-15-8-10-17(11-9-15)30-14-16-5-3-4-12-24-16/h1-13H,14,23H2,(H,27,28,29). The van der Waals surface area contributed by atoms with Gasteiger partial charge in [0.1, 0.15) is 22.9 Å². The Hall–Kier alpha value is -3.82. The first kappa shape index (κ1) is 20.5. The minimum Gasteiger partial charge on any atom is -0.487 e. The zero-order chi connectivity index (χ0) is 21.8. The molecule has 0 spiro atoms. The van der Waals surface area contributed by atoms with Crippen LogP contribution in [0.5, 0.6) is 5.75 Å². The first-order valence-corrected chi connectivity index (χ1v) is 10.7. The molecule has 3 aromatic carbocycles. The van der Waals surface area contributed by atoms with Crippen molar-refractivity contribution in [2.45, 2.75) is 11.5 Å². The molecule has 31 heavy (non-hydrogen) atoms. The van der Waals surface area contributed by atoms with Gasteiger partial charge in [0.05, 0.1) is 17.1 Å². The lowest BCUT2D eigenvalue weighted by molar-refractivity contribution is 0.301. The van der Waals surface area contributed by atoms with E-state index in [9.17, 15) is 13.0 Å². The molecule has 0 atom stereocenters. The van der Waals surface area contributed by atoms with Gasteiger partial charge >= 0.3 is 0 Å². The SMILES string of the molecule is Nc1c(N=Nc2ccc(OCc3ccccn3)cc2)cc(S(=O)(=O)O)c2ccccc12. The Labute approximate surface area is 178 Å². The first-order valence-electron chi connectivity index (χ1n) is 9.25. The third-order valence-electron chi connectivity index (χ3n) is 4.53. The fourth-order valence-electron chi connectivity index (χ4n) is 3.01. The maximum Gasteiger partial charge on any atom is 0.295 e. The molecule has 8 nitrogen and oxygen atoms in total. The van der Waals surface area contributed by atoms with Crippen LogP contribution in [0.3, 0.4) is 0 Å². The second-order valence-corrected chi connectivity index (χ2v) is 8.02. The fraction of sp³-hybridized carbons (Fsp3) is 0.0455. The van der Waals surface area contributed by atoms with Gasteiger partial charge in [0.15, 0.2) is 0 Å². The maximum absolute atomic E-state index is 11.8. The van der Waals surface area contributed by atoms with Crippen molar-refractivity contribution in [3.05, 3.63) is 84.7 Å². The molecule has 4 aromatic rings. The van der Waals surface area contributed by atoms with Crippen LogP contribution < -0.4 is 10.5 Å². The molecule has 0 aliphatic rings. The molecule has 0 saturated heterocycles. The highest BCUT2D eigenvalue weighted by atomic mass is 32.2. The van der Waals surface area contributed by atoms with Crippen LogP contribution in [0.15, 0.2) is 94.1 Å². The molecule has 4 rings (SSSR count). The van der Waals surface area contributed by atoms with Crippen LogP contribution in [-0.4, -0.2) is 18.0 Å². The molecule has 0 amide bonds. The molecule has 0 aliphatic carbocycles. The van der Waals surface area contributed by atoms with Crippen molar-refractivity contribution in [2.24, 2.45) is 10.2 Å². The molecule has 156 valence electrons. The van der Waals surface area contributed by atoms with E-state index in [2.05, 4.69) is 15.2 Å². The van der Waals surface area contributed by atoms with Gasteiger partial charge in [0.25, 0.3) is 10.1 Å². The number of hydrogen-bond donors (Lipinski definition) is 2. The number of hydrogen-bond acceptors (Lipinski definition) is 7. The van der Waals surface area contributed by atoms with E-state index in [1.807, 2.05) is 18.2 Å². The number of fused-ring (bicyclic) bond motifs is 1. The van der Waals surface area contributed by atoms with Gasteiger partial charge in [-0.3, -0.25) is 9.54 Å². The van der Waals surface area contributed by atoms with E-state index in [4.69, 9.17) is 10.5 Å². The Morgan fingerprint density at radius 3 is 2.32 bits per heavy atom. The summed E-state index contributed by atoms with van der Waals surface area (Å²) in [4.78, 5) is 3.92. The Morgan fingerprint density at radius 1 is 0.935 bits per heavy atom. The molecule has 3 N–H and O–H groups in total. The van der Waals surface area contributed by atoms with Crippen molar-refractivity contribution in [2.75, 3.05) is 5.73 Å². The molecule has 0 fully saturated rings.